The standard InChI is InChI=1S/C12H8N4O2/c17-16(18)12-7-13-6-5-11(12)15-8-14-9-3-1-2-4-10(9)15/h1-8H. The lowest BCUT2D eigenvalue weighted by Crippen LogP contribution is -1.99. The van der Waals surface area contributed by atoms with Gasteiger partial charge in [-0.1, -0.05) is 12.1 Å². The Morgan fingerprint density at radius 2 is 2.06 bits per heavy atom. The van der Waals surface area contributed by atoms with E-state index in [9.17, 15) is 10.1 Å². The minimum absolute atomic E-state index is 0.0411. The van der Waals surface area contributed by atoms with E-state index >= 15 is 0 Å². The molecular weight excluding hydrogens is 232 g/mol. The highest BCUT2D eigenvalue weighted by atomic mass is 16.6. The first-order chi connectivity index (χ1) is 8.77. The number of aromatic nitrogens is 3. The van der Waals surface area contributed by atoms with Gasteiger partial charge in [-0.2, -0.15) is 0 Å². The zero-order valence-electron chi connectivity index (χ0n) is 9.22. The predicted octanol–water partition coefficient (Wildman–Crippen LogP) is 2.33. The molecule has 0 N–H and O–H groups in total. The SMILES string of the molecule is O=[N+]([O-])c1cnccc1-n1cnc2ccccc21. The summed E-state index contributed by atoms with van der Waals surface area (Å²) in [5, 5.41) is 11.0. The molecule has 6 nitrogen and oxygen atoms in total. The third kappa shape index (κ3) is 1.51. The monoisotopic (exact) mass is 240 g/mol. The summed E-state index contributed by atoms with van der Waals surface area (Å²) in [6.07, 6.45) is 4.34. The maximum Gasteiger partial charge on any atom is 0.311 e. The van der Waals surface area contributed by atoms with Gasteiger partial charge in [0.2, 0.25) is 0 Å². The lowest BCUT2D eigenvalue weighted by molar-refractivity contribution is -0.384. The molecule has 0 amide bonds. The minimum Gasteiger partial charge on any atom is -0.292 e. The lowest BCUT2D eigenvalue weighted by Gasteiger charge is -2.04. The molecule has 0 atom stereocenters. The summed E-state index contributed by atoms with van der Waals surface area (Å²) >= 11 is 0. The maximum absolute atomic E-state index is 11.0. The minimum atomic E-state index is -0.447. The Hall–Kier alpha value is -2.76. The van der Waals surface area contributed by atoms with Gasteiger partial charge in [-0.3, -0.25) is 19.7 Å². The van der Waals surface area contributed by atoms with Crippen LogP contribution in [0.5, 0.6) is 0 Å². The second-order valence-electron chi connectivity index (χ2n) is 3.72. The Labute approximate surface area is 102 Å². The molecule has 88 valence electrons. The number of imidazole rings is 1. The zero-order valence-corrected chi connectivity index (χ0v) is 9.22. The molecule has 0 unspecified atom stereocenters. The van der Waals surface area contributed by atoms with E-state index in [0.29, 0.717) is 5.69 Å². The van der Waals surface area contributed by atoms with E-state index in [1.54, 1.807) is 17.0 Å². The highest BCUT2D eigenvalue weighted by Crippen LogP contribution is 2.24. The van der Waals surface area contributed by atoms with Crippen molar-refractivity contribution >= 4 is 16.7 Å². The molecule has 6 heteroatoms. The molecule has 0 saturated heterocycles. The highest BCUT2D eigenvalue weighted by molar-refractivity contribution is 5.78. The Morgan fingerprint density at radius 3 is 2.89 bits per heavy atom. The topological polar surface area (TPSA) is 73.8 Å². The fourth-order valence-corrected chi connectivity index (χ4v) is 1.87. The van der Waals surface area contributed by atoms with Crippen LogP contribution in [-0.2, 0) is 0 Å². The lowest BCUT2D eigenvalue weighted by atomic mass is 10.3. The van der Waals surface area contributed by atoms with Gasteiger partial charge in [0.15, 0.2) is 0 Å². The number of fused-ring (bicyclic) bond motifs is 1. The van der Waals surface area contributed by atoms with E-state index < -0.39 is 4.92 Å². The fourth-order valence-electron chi connectivity index (χ4n) is 1.87. The Bertz CT molecular complexity index is 736. The van der Waals surface area contributed by atoms with Gasteiger partial charge in [0.25, 0.3) is 0 Å². The number of benzene rings is 1. The third-order valence-electron chi connectivity index (χ3n) is 2.69. The molecule has 0 bridgehead atoms. The van der Waals surface area contributed by atoms with Crippen LogP contribution in [0.25, 0.3) is 16.7 Å². The average Bonchev–Trinajstić information content (AvgIpc) is 2.82. The summed E-state index contributed by atoms with van der Waals surface area (Å²) in [6, 6.07) is 9.08. The van der Waals surface area contributed by atoms with Gasteiger partial charge in [0, 0.05) is 6.20 Å². The van der Waals surface area contributed by atoms with Crippen molar-refractivity contribution in [2.24, 2.45) is 0 Å². The van der Waals surface area contributed by atoms with E-state index in [1.165, 1.54) is 12.4 Å². The van der Waals surface area contributed by atoms with Crippen molar-refractivity contribution in [1.29, 1.82) is 0 Å². The van der Waals surface area contributed by atoms with Crippen LogP contribution in [0.4, 0.5) is 5.69 Å². The van der Waals surface area contributed by atoms with Gasteiger partial charge in [-0.05, 0) is 18.2 Å². The number of hydrogen-bond donors (Lipinski definition) is 0. The van der Waals surface area contributed by atoms with Crippen molar-refractivity contribution in [3.8, 4) is 5.69 Å². The normalized spacial score (nSPS) is 10.7. The van der Waals surface area contributed by atoms with Crippen molar-refractivity contribution < 1.29 is 4.92 Å². The smallest absolute Gasteiger partial charge is 0.292 e. The van der Waals surface area contributed by atoms with Gasteiger partial charge in [0.05, 0.1) is 16.0 Å². The van der Waals surface area contributed by atoms with Crippen LogP contribution < -0.4 is 0 Å². The molecule has 3 aromatic rings. The zero-order chi connectivity index (χ0) is 12.5. The van der Waals surface area contributed by atoms with Gasteiger partial charge in [0.1, 0.15) is 18.2 Å². The Kier molecular flexibility index (Phi) is 2.26. The molecule has 3 rings (SSSR count). The maximum atomic E-state index is 11.0. The van der Waals surface area contributed by atoms with Gasteiger partial charge in [-0.15, -0.1) is 0 Å². The summed E-state index contributed by atoms with van der Waals surface area (Å²) in [6.45, 7) is 0. The first kappa shape index (κ1) is 10.4. The summed E-state index contributed by atoms with van der Waals surface area (Å²) < 4.78 is 1.69. The first-order valence-corrected chi connectivity index (χ1v) is 5.28. The van der Waals surface area contributed by atoms with Crippen LogP contribution in [0.15, 0.2) is 49.1 Å². The van der Waals surface area contributed by atoms with Crippen molar-refractivity contribution in [2.45, 2.75) is 0 Å². The van der Waals surface area contributed by atoms with Crippen molar-refractivity contribution in [3.63, 3.8) is 0 Å². The predicted molar refractivity (Wildman–Crippen MR) is 65.5 cm³/mol. The van der Waals surface area contributed by atoms with E-state index in [-0.39, 0.29) is 5.69 Å². The molecule has 0 radical (unpaired) electrons. The molecule has 0 aliphatic heterocycles. The summed E-state index contributed by atoms with van der Waals surface area (Å²) in [5.74, 6) is 0. The first-order valence-electron chi connectivity index (χ1n) is 5.28. The van der Waals surface area contributed by atoms with Crippen LogP contribution in [0.3, 0.4) is 0 Å². The van der Waals surface area contributed by atoms with Gasteiger partial charge >= 0.3 is 5.69 Å². The summed E-state index contributed by atoms with van der Waals surface area (Å²) in [7, 11) is 0. The molecular formula is C12H8N4O2. The van der Waals surface area contributed by atoms with E-state index in [4.69, 9.17) is 0 Å². The van der Waals surface area contributed by atoms with Crippen LogP contribution in [0, 0.1) is 10.1 Å². The number of nitrogens with zero attached hydrogens (tertiary/aromatic N) is 4. The average molecular weight is 240 g/mol. The molecule has 18 heavy (non-hydrogen) atoms. The van der Waals surface area contributed by atoms with Crippen molar-refractivity contribution in [3.05, 3.63) is 59.2 Å². The van der Waals surface area contributed by atoms with E-state index in [0.717, 1.165) is 11.0 Å². The molecule has 0 fully saturated rings. The molecule has 0 saturated carbocycles. The molecule has 0 spiro atoms. The molecule has 0 aliphatic carbocycles. The second-order valence-corrected chi connectivity index (χ2v) is 3.72. The molecule has 0 aliphatic rings. The van der Waals surface area contributed by atoms with E-state index in [1.807, 2.05) is 24.3 Å². The number of rotatable bonds is 2. The Morgan fingerprint density at radius 1 is 1.22 bits per heavy atom. The second kappa shape index (κ2) is 3.92. The number of para-hydroxylation sites is 2. The number of hydrogen-bond acceptors (Lipinski definition) is 4. The third-order valence-corrected chi connectivity index (χ3v) is 2.69. The largest absolute Gasteiger partial charge is 0.311 e. The highest BCUT2D eigenvalue weighted by Gasteiger charge is 2.16. The summed E-state index contributed by atoms with van der Waals surface area (Å²) in [4.78, 5) is 18.5. The fraction of sp³-hybridized carbons (Fsp3) is 0. The van der Waals surface area contributed by atoms with Gasteiger partial charge < -0.3 is 0 Å². The quantitative estimate of drug-likeness (QED) is 0.509. The van der Waals surface area contributed by atoms with Crippen LogP contribution in [0.1, 0.15) is 0 Å². The van der Waals surface area contributed by atoms with Crippen LogP contribution >= 0.6 is 0 Å². The molecule has 2 aromatic heterocycles. The van der Waals surface area contributed by atoms with Gasteiger partial charge in [-0.25, -0.2) is 4.98 Å². The van der Waals surface area contributed by atoms with Crippen molar-refractivity contribution in [1.82, 2.24) is 14.5 Å². The Balaban J connectivity index is 2.30. The molecule has 1 aromatic carbocycles. The van der Waals surface area contributed by atoms with E-state index in [2.05, 4.69) is 9.97 Å². The van der Waals surface area contributed by atoms with Crippen molar-refractivity contribution in [2.75, 3.05) is 0 Å². The van der Waals surface area contributed by atoms with Crippen LogP contribution in [0.2, 0.25) is 0 Å². The summed E-state index contributed by atoms with van der Waals surface area (Å²) in [5.41, 5.74) is 2.04. The molecule has 2 heterocycles. The van der Waals surface area contributed by atoms with Crippen LogP contribution in [-0.4, -0.2) is 19.5 Å². The number of nitro groups is 1. The number of pyridine rings is 1.